The third-order valence-corrected chi connectivity index (χ3v) is 3.97. The highest BCUT2D eigenvalue weighted by Gasteiger charge is 2.25. The highest BCUT2D eigenvalue weighted by molar-refractivity contribution is 5.33. The second-order valence-electron chi connectivity index (χ2n) is 6.05. The fourth-order valence-electron chi connectivity index (χ4n) is 3.17. The number of benzene rings is 1. The van der Waals surface area contributed by atoms with Crippen molar-refractivity contribution in [3.63, 3.8) is 0 Å². The van der Waals surface area contributed by atoms with Crippen molar-refractivity contribution in [1.82, 2.24) is 5.32 Å². The molecule has 0 heterocycles. The standard InChI is InChI=1S/C17H27NO/c1-4-18-12-15-7-5-6-8-17(15)19-16-10-13(2)9-14(3)11-16/h5-8,13-14,16,18H,4,9-12H2,1-3H3. The van der Waals surface area contributed by atoms with Crippen LogP contribution in [0.4, 0.5) is 0 Å². The van der Waals surface area contributed by atoms with Crippen LogP contribution >= 0.6 is 0 Å². The van der Waals surface area contributed by atoms with Gasteiger partial charge in [0.05, 0.1) is 6.10 Å². The average Bonchev–Trinajstić information content (AvgIpc) is 2.36. The molecule has 2 rings (SSSR count). The summed E-state index contributed by atoms with van der Waals surface area (Å²) in [4.78, 5) is 0. The van der Waals surface area contributed by atoms with Gasteiger partial charge in [-0.1, -0.05) is 39.0 Å². The molecule has 0 amide bonds. The van der Waals surface area contributed by atoms with Crippen molar-refractivity contribution in [3.8, 4) is 5.75 Å². The summed E-state index contributed by atoms with van der Waals surface area (Å²) in [6.07, 6.45) is 4.13. The van der Waals surface area contributed by atoms with Gasteiger partial charge in [0, 0.05) is 12.1 Å². The van der Waals surface area contributed by atoms with Crippen LogP contribution in [0.1, 0.15) is 45.6 Å². The van der Waals surface area contributed by atoms with Crippen molar-refractivity contribution < 1.29 is 4.74 Å². The number of hydrogen-bond donors (Lipinski definition) is 1. The van der Waals surface area contributed by atoms with Crippen LogP contribution in [0.3, 0.4) is 0 Å². The smallest absolute Gasteiger partial charge is 0.124 e. The van der Waals surface area contributed by atoms with E-state index < -0.39 is 0 Å². The zero-order chi connectivity index (χ0) is 13.7. The normalized spacial score (nSPS) is 27.2. The molecule has 0 aromatic heterocycles. The molecule has 1 fully saturated rings. The molecule has 2 atom stereocenters. The van der Waals surface area contributed by atoms with Gasteiger partial charge in [0.1, 0.15) is 5.75 Å². The van der Waals surface area contributed by atoms with Crippen molar-refractivity contribution >= 4 is 0 Å². The summed E-state index contributed by atoms with van der Waals surface area (Å²) < 4.78 is 6.28. The van der Waals surface area contributed by atoms with Gasteiger partial charge in [-0.25, -0.2) is 0 Å². The van der Waals surface area contributed by atoms with Crippen LogP contribution in [0, 0.1) is 11.8 Å². The van der Waals surface area contributed by atoms with Crippen molar-refractivity contribution in [3.05, 3.63) is 29.8 Å². The van der Waals surface area contributed by atoms with E-state index in [-0.39, 0.29) is 0 Å². The van der Waals surface area contributed by atoms with Gasteiger partial charge in [-0.2, -0.15) is 0 Å². The molecular weight excluding hydrogens is 234 g/mol. The van der Waals surface area contributed by atoms with E-state index in [9.17, 15) is 0 Å². The van der Waals surface area contributed by atoms with Gasteiger partial charge in [0.25, 0.3) is 0 Å². The van der Waals surface area contributed by atoms with Crippen molar-refractivity contribution in [2.45, 2.75) is 52.7 Å². The second kappa shape index (κ2) is 6.95. The molecule has 1 aliphatic carbocycles. The Kier molecular flexibility index (Phi) is 5.26. The molecule has 0 radical (unpaired) electrons. The lowest BCUT2D eigenvalue weighted by atomic mass is 9.82. The van der Waals surface area contributed by atoms with Crippen LogP contribution in [-0.2, 0) is 6.54 Å². The summed E-state index contributed by atoms with van der Waals surface area (Å²) in [7, 11) is 0. The van der Waals surface area contributed by atoms with Gasteiger partial charge < -0.3 is 10.1 Å². The van der Waals surface area contributed by atoms with E-state index in [0.717, 1.165) is 30.7 Å². The predicted molar refractivity (Wildman–Crippen MR) is 80.4 cm³/mol. The first-order valence-corrected chi connectivity index (χ1v) is 7.64. The molecule has 106 valence electrons. The van der Waals surface area contributed by atoms with E-state index in [1.54, 1.807) is 0 Å². The quantitative estimate of drug-likeness (QED) is 0.865. The second-order valence-corrected chi connectivity index (χ2v) is 6.05. The molecule has 1 aromatic rings. The Morgan fingerprint density at radius 1 is 1.11 bits per heavy atom. The zero-order valence-electron chi connectivity index (χ0n) is 12.5. The van der Waals surface area contributed by atoms with Crippen molar-refractivity contribution in [2.24, 2.45) is 11.8 Å². The highest BCUT2D eigenvalue weighted by Crippen LogP contribution is 2.32. The molecule has 1 aliphatic rings. The van der Waals surface area contributed by atoms with Crippen LogP contribution in [0.15, 0.2) is 24.3 Å². The van der Waals surface area contributed by atoms with Crippen molar-refractivity contribution in [2.75, 3.05) is 6.54 Å². The number of hydrogen-bond acceptors (Lipinski definition) is 2. The average molecular weight is 261 g/mol. The van der Waals surface area contributed by atoms with Crippen LogP contribution < -0.4 is 10.1 Å². The third-order valence-electron chi connectivity index (χ3n) is 3.97. The van der Waals surface area contributed by atoms with E-state index in [0.29, 0.717) is 6.10 Å². The van der Waals surface area contributed by atoms with Crippen LogP contribution in [0.25, 0.3) is 0 Å². The molecule has 0 bridgehead atoms. The summed E-state index contributed by atoms with van der Waals surface area (Å²) in [6, 6.07) is 8.43. The Bertz CT molecular complexity index is 381. The Morgan fingerprint density at radius 2 is 1.79 bits per heavy atom. The molecule has 1 N–H and O–H groups in total. The lowest BCUT2D eigenvalue weighted by molar-refractivity contribution is 0.0999. The summed E-state index contributed by atoms with van der Waals surface area (Å²) in [5.41, 5.74) is 1.27. The first-order valence-electron chi connectivity index (χ1n) is 7.64. The topological polar surface area (TPSA) is 21.3 Å². The summed E-state index contributed by atoms with van der Waals surface area (Å²) >= 11 is 0. The first-order chi connectivity index (χ1) is 9.19. The Balaban J connectivity index is 2.01. The lowest BCUT2D eigenvalue weighted by Gasteiger charge is -2.32. The van der Waals surface area contributed by atoms with Gasteiger partial charge in [-0.3, -0.25) is 0 Å². The summed E-state index contributed by atoms with van der Waals surface area (Å²) in [6.45, 7) is 8.71. The minimum absolute atomic E-state index is 0.390. The van der Waals surface area contributed by atoms with E-state index in [1.807, 2.05) is 0 Å². The minimum Gasteiger partial charge on any atom is -0.490 e. The van der Waals surface area contributed by atoms with E-state index in [4.69, 9.17) is 4.74 Å². The Morgan fingerprint density at radius 3 is 2.47 bits per heavy atom. The van der Waals surface area contributed by atoms with Gasteiger partial charge in [0.15, 0.2) is 0 Å². The van der Waals surface area contributed by atoms with Crippen LogP contribution in [0.5, 0.6) is 5.75 Å². The maximum absolute atomic E-state index is 6.28. The zero-order valence-corrected chi connectivity index (χ0v) is 12.5. The molecular formula is C17H27NO. The maximum atomic E-state index is 6.28. The van der Waals surface area contributed by atoms with E-state index >= 15 is 0 Å². The molecule has 1 saturated carbocycles. The number of para-hydroxylation sites is 1. The van der Waals surface area contributed by atoms with Gasteiger partial charge >= 0.3 is 0 Å². The molecule has 19 heavy (non-hydrogen) atoms. The fourth-order valence-corrected chi connectivity index (χ4v) is 3.17. The molecule has 2 nitrogen and oxygen atoms in total. The van der Waals surface area contributed by atoms with Crippen LogP contribution in [-0.4, -0.2) is 12.6 Å². The lowest BCUT2D eigenvalue weighted by Crippen LogP contribution is -2.29. The van der Waals surface area contributed by atoms with Gasteiger partial charge in [-0.05, 0) is 43.7 Å². The predicted octanol–water partition coefficient (Wildman–Crippen LogP) is 4.00. The molecule has 1 aromatic carbocycles. The minimum atomic E-state index is 0.390. The largest absolute Gasteiger partial charge is 0.490 e. The summed E-state index contributed by atoms with van der Waals surface area (Å²) in [5, 5.41) is 3.38. The first kappa shape index (κ1) is 14.4. The van der Waals surface area contributed by atoms with Crippen molar-refractivity contribution in [1.29, 1.82) is 0 Å². The summed E-state index contributed by atoms with van der Waals surface area (Å²) in [5.74, 6) is 2.64. The fraction of sp³-hybridized carbons (Fsp3) is 0.647. The number of ether oxygens (including phenoxy) is 1. The monoisotopic (exact) mass is 261 g/mol. The maximum Gasteiger partial charge on any atom is 0.124 e. The highest BCUT2D eigenvalue weighted by atomic mass is 16.5. The Hall–Kier alpha value is -1.02. The van der Waals surface area contributed by atoms with E-state index in [2.05, 4.69) is 50.4 Å². The van der Waals surface area contributed by atoms with Crippen LogP contribution in [0.2, 0.25) is 0 Å². The molecule has 2 heteroatoms. The molecule has 0 saturated heterocycles. The van der Waals surface area contributed by atoms with E-state index in [1.165, 1.54) is 24.8 Å². The molecule has 0 spiro atoms. The Labute approximate surface area is 117 Å². The molecule has 0 aliphatic heterocycles. The molecule has 2 unspecified atom stereocenters. The van der Waals surface area contributed by atoms with Gasteiger partial charge in [0.2, 0.25) is 0 Å². The number of nitrogens with one attached hydrogen (secondary N) is 1. The third kappa shape index (κ3) is 4.24. The number of rotatable bonds is 5. The van der Waals surface area contributed by atoms with Gasteiger partial charge in [-0.15, -0.1) is 0 Å². The SMILES string of the molecule is CCNCc1ccccc1OC1CC(C)CC(C)C1.